The summed E-state index contributed by atoms with van der Waals surface area (Å²) >= 11 is 0. The highest BCUT2D eigenvalue weighted by Crippen LogP contribution is 2.22. The minimum Gasteiger partial charge on any atom is -0.391 e. The molecule has 1 aliphatic heterocycles. The van der Waals surface area contributed by atoms with Crippen LogP contribution in [-0.4, -0.2) is 51.2 Å². The van der Waals surface area contributed by atoms with Crippen LogP contribution < -0.4 is 15.4 Å². The molecule has 8 heteroatoms. The fraction of sp³-hybridized carbons (Fsp3) is 0.533. The lowest BCUT2D eigenvalue weighted by molar-refractivity contribution is 0.0927. The van der Waals surface area contributed by atoms with Crippen LogP contribution in [0, 0.1) is 5.92 Å². The summed E-state index contributed by atoms with van der Waals surface area (Å²) in [4.78, 5) is 12.3. The van der Waals surface area contributed by atoms with E-state index in [2.05, 4.69) is 15.4 Å². The van der Waals surface area contributed by atoms with Crippen LogP contribution in [0.15, 0.2) is 29.2 Å². The standard InChI is InChI=1S/C15H21N3O4S/c19-14-9-16-7-11(14)8-17-15(20)10-2-1-3-13(6-10)23(21,22)18-12-4-5-12/h1-3,6,11-12,14,16,18-19H,4-5,7-9H2,(H,17,20). The van der Waals surface area contributed by atoms with Crippen LogP contribution in [0.1, 0.15) is 23.2 Å². The van der Waals surface area contributed by atoms with Crippen molar-refractivity contribution in [3.05, 3.63) is 29.8 Å². The highest BCUT2D eigenvalue weighted by molar-refractivity contribution is 7.89. The van der Waals surface area contributed by atoms with Gasteiger partial charge in [0.25, 0.3) is 5.91 Å². The molecule has 0 radical (unpaired) electrons. The van der Waals surface area contributed by atoms with Gasteiger partial charge in [0.1, 0.15) is 0 Å². The third-order valence-electron chi connectivity index (χ3n) is 4.13. The zero-order valence-corrected chi connectivity index (χ0v) is 13.5. The highest BCUT2D eigenvalue weighted by atomic mass is 32.2. The van der Waals surface area contributed by atoms with Crippen LogP contribution in [-0.2, 0) is 10.0 Å². The molecule has 1 heterocycles. The van der Waals surface area contributed by atoms with Gasteiger partial charge in [-0.25, -0.2) is 13.1 Å². The van der Waals surface area contributed by atoms with Gasteiger partial charge in [0.15, 0.2) is 0 Å². The summed E-state index contributed by atoms with van der Waals surface area (Å²) in [6, 6.07) is 6.01. The van der Waals surface area contributed by atoms with Crippen molar-refractivity contribution in [1.82, 2.24) is 15.4 Å². The minimum atomic E-state index is -3.57. The van der Waals surface area contributed by atoms with Crippen molar-refractivity contribution in [2.24, 2.45) is 5.92 Å². The molecule has 0 bridgehead atoms. The quantitative estimate of drug-likeness (QED) is 0.556. The fourth-order valence-electron chi connectivity index (χ4n) is 2.55. The van der Waals surface area contributed by atoms with Crippen molar-refractivity contribution >= 4 is 15.9 Å². The van der Waals surface area contributed by atoms with E-state index in [1.807, 2.05) is 0 Å². The zero-order valence-electron chi connectivity index (χ0n) is 12.7. The molecular formula is C15H21N3O4S. The topological polar surface area (TPSA) is 108 Å². The number of carbonyl (C=O) groups is 1. The van der Waals surface area contributed by atoms with Crippen LogP contribution in [0.2, 0.25) is 0 Å². The Morgan fingerprint density at radius 1 is 1.30 bits per heavy atom. The average Bonchev–Trinajstić information content (AvgIpc) is 3.24. The Labute approximate surface area is 135 Å². The van der Waals surface area contributed by atoms with Gasteiger partial charge in [-0.1, -0.05) is 6.07 Å². The molecule has 1 saturated carbocycles. The summed E-state index contributed by atoms with van der Waals surface area (Å²) in [5.41, 5.74) is 0.295. The van der Waals surface area contributed by atoms with Gasteiger partial charge in [-0.3, -0.25) is 4.79 Å². The first kappa shape index (κ1) is 16.4. The molecule has 2 fully saturated rings. The van der Waals surface area contributed by atoms with Gasteiger partial charge in [0.05, 0.1) is 11.0 Å². The molecule has 126 valence electrons. The van der Waals surface area contributed by atoms with Crippen LogP contribution in [0.25, 0.3) is 0 Å². The summed E-state index contributed by atoms with van der Waals surface area (Å²) in [6.07, 6.45) is 1.25. The molecular weight excluding hydrogens is 318 g/mol. The summed E-state index contributed by atoms with van der Waals surface area (Å²) < 4.78 is 27.0. The van der Waals surface area contributed by atoms with Crippen molar-refractivity contribution in [1.29, 1.82) is 0 Å². The Morgan fingerprint density at radius 2 is 2.09 bits per heavy atom. The third-order valence-corrected chi connectivity index (χ3v) is 5.65. The first-order valence-electron chi connectivity index (χ1n) is 7.75. The summed E-state index contributed by atoms with van der Waals surface area (Å²) in [7, 11) is -3.57. The number of hydrogen-bond donors (Lipinski definition) is 4. The summed E-state index contributed by atoms with van der Waals surface area (Å²) in [5.74, 6) is -0.366. The number of nitrogens with one attached hydrogen (secondary N) is 3. The molecule has 2 atom stereocenters. The van der Waals surface area contributed by atoms with Gasteiger partial charge in [-0.05, 0) is 31.0 Å². The van der Waals surface area contributed by atoms with E-state index in [0.717, 1.165) is 12.8 Å². The largest absolute Gasteiger partial charge is 0.391 e. The molecule has 1 aliphatic carbocycles. The molecule has 1 aromatic rings. The van der Waals surface area contributed by atoms with Crippen LogP contribution in [0.4, 0.5) is 0 Å². The lowest BCUT2D eigenvalue weighted by Gasteiger charge is -2.14. The second-order valence-electron chi connectivity index (χ2n) is 6.12. The Balaban J connectivity index is 1.65. The summed E-state index contributed by atoms with van der Waals surface area (Å²) in [5, 5.41) is 15.5. The second-order valence-corrected chi connectivity index (χ2v) is 7.83. The molecule has 7 nitrogen and oxygen atoms in total. The number of rotatable bonds is 6. The normalized spacial score (nSPS) is 24.6. The van der Waals surface area contributed by atoms with E-state index < -0.39 is 16.1 Å². The SMILES string of the molecule is O=C(NCC1CNCC1O)c1cccc(S(=O)(=O)NC2CC2)c1. The molecule has 1 saturated heterocycles. The number of amides is 1. The maximum absolute atomic E-state index is 12.2. The smallest absolute Gasteiger partial charge is 0.251 e. The maximum atomic E-state index is 12.2. The lowest BCUT2D eigenvalue weighted by atomic mass is 10.1. The molecule has 0 spiro atoms. The Bertz CT molecular complexity index is 688. The highest BCUT2D eigenvalue weighted by Gasteiger charge is 2.28. The zero-order chi connectivity index (χ0) is 16.4. The molecule has 1 aromatic carbocycles. The lowest BCUT2D eigenvalue weighted by Crippen LogP contribution is -2.34. The van der Waals surface area contributed by atoms with Crippen molar-refractivity contribution in [3.8, 4) is 0 Å². The van der Waals surface area contributed by atoms with Crippen molar-refractivity contribution in [2.75, 3.05) is 19.6 Å². The van der Waals surface area contributed by atoms with Gasteiger partial charge in [-0.2, -0.15) is 0 Å². The number of aliphatic hydroxyl groups excluding tert-OH is 1. The van der Waals surface area contributed by atoms with Gasteiger partial charge in [0.2, 0.25) is 10.0 Å². The molecule has 0 aromatic heterocycles. The maximum Gasteiger partial charge on any atom is 0.251 e. The first-order chi connectivity index (χ1) is 11.0. The number of benzene rings is 1. The van der Waals surface area contributed by atoms with Crippen LogP contribution in [0.3, 0.4) is 0 Å². The third kappa shape index (κ3) is 4.08. The number of hydrogen-bond acceptors (Lipinski definition) is 5. The van der Waals surface area contributed by atoms with Crippen molar-refractivity contribution < 1.29 is 18.3 Å². The summed E-state index contributed by atoms with van der Waals surface area (Å²) in [6.45, 7) is 1.53. The molecule has 4 N–H and O–H groups in total. The molecule has 2 unspecified atom stereocenters. The number of sulfonamides is 1. The predicted octanol–water partition coefficient (Wildman–Crippen LogP) is -0.563. The Kier molecular flexibility index (Phi) is 4.67. The van der Waals surface area contributed by atoms with Gasteiger partial charge in [0, 0.05) is 37.2 Å². The Morgan fingerprint density at radius 3 is 2.74 bits per heavy atom. The molecule has 2 aliphatic rings. The molecule has 23 heavy (non-hydrogen) atoms. The second kappa shape index (κ2) is 6.56. The predicted molar refractivity (Wildman–Crippen MR) is 84.5 cm³/mol. The average molecular weight is 339 g/mol. The van der Waals surface area contributed by atoms with E-state index in [9.17, 15) is 18.3 Å². The fourth-order valence-corrected chi connectivity index (χ4v) is 3.90. The number of β-amino-alcohol motifs (C(OH)–C–C–N with tert-alkyl or cyclic N) is 1. The van der Waals surface area contributed by atoms with E-state index in [0.29, 0.717) is 25.2 Å². The molecule has 1 amide bonds. The molecule has 3 rings (SSSR count). The monoisotopic (exact) mass is 339 g/mol. The van der Waals surface area contributed by atoms with E-state index in [4.69, 9.17) is 0 Å². The van der Waals surface area contributed by atoms with Crippen molar-refractivity contribution in [2.45, 2.75) is 29.9 Å². The van der Waals surface area contributed by atoms with Gasteiger partial charge < -0.3 is 15.7 Å². The van der Waals surface area contributed by atoms with E-state index in [1.54, 1.807) is 12.1 Å². The van der Waals surface area contributed by atoms with Crippen molar-refractivity contribution in [3.63, 3.8) is 0 Å². The van der Waals surface area contributed by atoms with Crippen LogP contribution in [0.5, 0.6) is 0 Å². The van der Waals surface area contributed by atoms with E-state index in [-0.39, 0.29) is 22.8 Å². The Hall–Kier alpha value is -1.48. The number of aliphatic hydroxyl groups is 1. The van der Waals surface area contributed by atoms with Crippen LogP contribution >= 0.6 is 0 Å². The number of carbonyl (C=O) groups excluding carboxylic acids is 1. The van der Waals surface area contributed by atoms with E-state index in [1.165, 1.54) is 12.1 Å². The first-order valence-corrected chi connectivity index (χ1v) is 9.23. The minimum absolute atomic E-state index is 0.0221. The van der Waals surface area contributed by atoms with E-state index >= 15 is 0 Å². The van der Waals surface area contributed by atoms with Gasteiger partial charge >= 0.3 is 0 Å². The van der Waals surface area contributed by atoms with Gasteiger partial charge in [-0.15, -0.1) is 0 Å².